The Bertz CT molecular complexity index is 749. The zero-order valence-corrected chi connectivity index (χ0v) is 20.4. The van der Waals surface area contributed by atoms with E-state index in [1.165, 1.54) is 75.3 Å². The number of rotatable bonds is 12. The molecular formula is C31H44O. The zero-order chi connectivity index (χ0) is 22.9. The first-order valence-electron chi connectivity index (χ1n) is 12.8. The monoisotopic (exact) mass is 432 g/mol. The first kappa shape index (κ1) is 26.1. The summed E-state index contributed by atoms with van der Waals surface area (Å²) in [4.78, 5) is 11.6. The number of carbonyl (C=O) groups is 1. The van der Waals surface area contributed by atoms with Gasteiger partial charge in [-0.05, 0) is 74.3 Å². The summed E-state index contributed by atoms with van der Waals surface area (Å²) in [5.41, 5.74) is 3.22. The second-order valence-corrected chi connectivity index (χ2v) is 9.80. The molecule has 32 heavy (non-hydrogen) atoms. The number of benzene rings is 2. The van der Waals surface area contributed by atoms with Crippen LogP contribution in [0.25, 0.3) is 0 Å². The molecule has 1 fully saturated rings. The van der Waals surface area contributed by atoms with Gasteiger partial charge in [0.05, 0.1) is 0 Å². The van der Waals surface area contributed by atoms with Crippen LogP contribution in [0.5, 0.6) is 0 Å². The van der Waals surface area contributed by atoms with Crippen molar-refractivity contribution in [1.29, 1.82) is 0 Å². The fraction of sp³-hybridized carbons (Fsp3) is 0.516. The number of hydrogen-bond acceptors (Lipinski definition) is 1. The second-order valence-electron chi connectivity index (χ2n) is 9.80. The molecule has 0 aromatic heterocycles. The van der Waals surface area contributed by atoms with Crippen molar-refractivity contribution in [3.8, 4) is 0 Å². The Labute approximate surface area is 197 Å². The third-order valence-corrected chi connectivity index (χ3v) is 6.67. The van der Waals surface area contributed by atoms with Crippen LogP contribution in [0.15, 0.2) is 73.3 Å². The Morgan fingerprint density at radius 1 is 0.812 bits per heavy atom. The molecule has 0 radical (unpaired) electrons. The lowest BCUT2D eigenvalue weighted by molar-refractivity contribution is -0.123. The summed E-state index contributed by atoms with van der Waals surface area (Å²) in [6.07, 6.45) is 18.6. The number of hydrogen-bond donors (Lipinski definition) is 0. The lowest BCUT2D eigenvalue weighted by Crippen LogP contribution is -2.25. The van der Waals surface area contributed by atoms with Gasteiger partial charge in [-0.25, -0.2) is 0 Å². The lowest BCUT2D eigenvalue weighted by Gasteiger charge is -2.32. The van der Waals surface area contributed by atoms with Gasteiger partial charge in [-0.2, -0.15) is 0 Å². The molecule has 1 heteroatoms. The molecule has 1 atom stereocenters. The molecule has 0 amide bonds. The van der Waals surface area contributed by atoms with Gasteiger partial charge < -0.3 is 0 Å². The molecule has 0 unspecified atom stereocenters. The summed E-state index contributed by atoms with van der Waals surface area (Å²) in [5.74, 6) is 0.489. The van der Waals surface area contributed by atoms with E-state index in [1.807, 2.05) is 6.08 Å². The van der Waals surface area contributed by atoms with E-state index in [1.54, 1.807) is 0 Å². The van der Waals surface area contributed by atoms with Crippen molar-refractivity contribution >= 4 is 5.78 Å². The number of carbonyl (C=O) groups excluding carboxylic acids is 1. The molecular weight excluding hydrogens is 388 g/mol. The Hall–Kier alpha value is -2.15. The highest BCUT2D eigenvalue weighted by Gasteiger charge is 2.30. The van der Waals surface area contributed by atoms with E-state index in [4.69, 9.17) is 0 Å². The van der Waals surface area contributed by atoms with Crippen LogP contribution in [0, 0.1) is 5.41 Å². The van der Waals surface area contributed by atoms with Crippen LogP contribution >= 0.6 is 0 Å². The van der Waals surface area contributed by atoms with E-state index < -0.39 is 0 Å². The summed E-state index contributed by atoms with van der Waals surface area (Å²) in [6, 6.07) is 21.4. The molecule has 3 rings (SSSR count). The summed E-state index contributed by atoms with van der Waals surface area (Å²) in [6.45, 7) is 6.02. The number of ketones is 1. The maximum atomic E-state index is 11.6. The molecule has 1 saturated carbocycles. The van der Waals surface area contributed by atoms with E-state index in [0.717, 1.165) is 25.7 Å². The van der Waals surface area contributed by atoms with Crippen molar-refractivity contribution in [2.24, 2.45) is 5.41 Å². The van der Waals surface area contributed by atoms with Crippen LogP contribution in [0.4, 0.5) is 0 Å². The van der Waals surface area contributed by atoms with Crippen LogP contribution in [0.3, 0.4) is 0 Å². The first-order chi connectivity index (χ1) is 15.6. The number of Topliss-reactive ketones (excluding diaryl/α,β-unsaturated/α-hetero) is 1. The highest BCUT2D eigenvalue weighted by atomic mass is 16.1. The van der Waals surface area contributed by atoms with E-state index >= 15 is 0 Å². The van der Waals surface area contributed by atoms with Crippen LogP contribution in [0.2, 0.25) is 0 Å². The van der Waals surface area contributed by atoms with Crippen molar-refractivity contribution in [1.82, 2.24) is 0 Å². The van der Waals surface area contributed by atoms with Gasteiger partial charge in [-0.15, -0.1) is 6.58 Å². The van der Waals surface area contributed by atoms with E-state index in [-0.39, 0.29) is 0 Å². The average Bonchev–Trinajstić information content (AvgIpc) is 2.81. The largest absolute Gasteiger partial charge is 0.300 e. The minimum Gasteiger partial charge on any atom is -0.300 e. The fourth-order valence-corrected chi connectivity index (χ4v) is 4.72. The topological polar surface area (TPSA) is 17.1 Å². The van der Waals surface area contributed by atoms with Crippen LogP contribution in [-0.2, 0) is 17.6 Å². The third kappa shape index (κ3) is 11.5. The first-order valence-corrected chi connectivity index (χ1v) is 12.8. The van der Waals surface area contributed by atoms with Gasteiger partial charge in [0.2, 0.25) is 0 Å². The minimum atomic E-state index is 0.314. The second kappa shape index (κ2) is 15.6. The zero-order valence-electron chi connectivity index (χ0n) is 20.4. The maximum Gasteiger partial charge on any atom is 0.133 e. The van der Waals surface area contributed by atoms with Crippen LogP contribution in [-0.4, -0.2) is 5.78 Å². The molecule has 1 nitrogen and oxygen atoms in total. The smallest absolute Gasteiger partial charge is 0.133 e. The summed E-state index contributed by atoms with van der Waals surface area (Å²) < 4.78 is 0. The van der Waals surface area contributed by atoms with Gasteiger partial charge >= 0.3 is 0 Å². The molecule has 2 aromatic rings. The highest BCUT2D eigenvalue weighted by molar-refractivity contribution is 5.79. The van der Waals surface area contributed by atoms with Crippen LogP contribution in [0.1, 0.15) is 95.1 Å². The van der Waals surface area contributed by atoms with Gasteiger partial charge in [0.1, 0.15) is 5.78 Å². The van der Waals surface area contributed by atoms with E-state index in [0.29, 0.717) is 11.2 Å². The van der Waals surface area contributed by atoms with Gasteiger partial charge in [0.15, 0.2) is 0 Å². The lowest BCUT2D eigenvalue weighted by atomic mass is 9.72. The Morgan fingerprint density at radius 3 is 1.94 bits per heavy atom. The number of unbranched alkanes of at least 4 members (excludes halogenated alkanes) is 5. The third-order valence-electron chi connectivity index (χ3n) is 6.67. The Kier molecular flexibility index (Phi) is 12.7. The highest BCUT2D eigenvalue weighted by Crippen LogP contribution is 2.38. The van der Waals surface area contributed by atoms with E-state index in [9.17, 15) is 4.79 Å². The molecule has 0 spiro atoms. The molecule has 0 aliphatic heterocycles. The van der Waals surface area contributed by atoms with Gasteiger partial charge in [0, 0.05) is 12.8 Å². The normalized spacial score (nSPS) is 18.0. The number of aryl methyl sites for hydroxylation is 2. The minimum absolute atomic E-state index is 0.314. The predicted octanol–water partition coefficient (Wildman–Crippen LogP) is 8.91. The SMILES string of the molecule is C=CCCCCc1ccccc1.C[C@@]1(CCCCCCc2ccccc2)CCCC(=O)C1. The van der Waals surface area contributed by atoms with Crippen molar-refractivity contribution in [3.63, 3.8) is 0 Å². The Balaban J connectivity index is 0.000000258. The number of allylic oxidation sites excluding steroid dienone is 1. The average molecular weight is 433 g/mol. The van der Waals surface area contributed by atoms with Crippen LogP contribution < -0.4 is 0 Å². The summed E-state index contributed by atoms with van der Waals surface area (Å²) in [5, 5.41) is 0. The van der Waals surface area contributed by atoms with E-state index in [2.05, 4.69) is 74.2 Å². The molecule has 1 aliphatic carbocycles. The fourth-order valence-electron chi connectivity index (χ4n) is 4.72. The van der Waals surface area contributed by atoms with Gasteiger partial charge in [-0.3, -0.25) is 4.79 Å². The van der Waals surface area contributed by atoms with Crippen molar-refractivity contribution in [2.45, 2.75) is 96.8 Å². The van der Waals surface area contributed by atoms with Crippen molar-refractivity contribution in [2.75, 3.05) is 0 Å². The van der Waals surface area contributed by atoms with Gasteiger partial charge in [-0.1, -0.05) is 92.9 Å². The van der Waals surface area contributed by atoms with Crippen molar-refractivity contribution in [3.05, 3.63) is 84.4 Å². The molecule has 1 aliphatic rings. The summed E-state index contributed by atoms with van der Waals surface area (Å²) in [7, 11) is 0. The molecule has 0 saturated heterocycles. The maximum absolute atomic E-state index is 11.6. The quantitative estimate of drug-likeness (QED) is 0.242. The standard InChI is InChI=1S/C19H28O.C12H16/c1-19(15-9-13-18(20)16-19)14-8-3-2-5-10-17-11-6-4-7-12-17;1-2-3-4-6-9-12-10-7-5-8-11-12/h4,6-7,11-12H,2-3,5,8-10,13-16H2,1H3;2,5,7-8,10-11H,1,3-4,6,9H2/t19-;/m1./s1. The summed E-state index contributed by atoms with van der Waals surface area (Å²) >= 11 is 0. The molecule has 0 bridgehead atoms. The van der Waals surface area contributed by atoms with Crippen molar-refractivity contribution < 1.29 is 4.79 Å². The molecule has 0 heterocycles. The molecule has 0 N–H and O–H groups in total. The van der Waals surface area contributed by atoms with Gasteiger partial charge in [0.25, 0.3) is 0 Å². The Morgan fingerprint density at radius 2 is 1.38 bits per heavy atom. The molecule has 174 valence electrons. The molecule has 2 aromatic carbocycles. The predicted molar refractivity (Wildman–Crippen MR) is 139 cm³/mol.